The molecule has 5 nitrogen and oxygen atoms in total. The van der Waals surface area contributed by atoms with E-state index in [1.54, 1.807) is 23.2 Å². The first-order valence-corrected chi connectivity index (χ1v) is 6.21. The Bertz CT molecular complexity index is 569. The highest BCUT2D eigenvalue weighted by Gasteiger charge is 2.11. The number of imidazole rings is 1. The van der Waals surface area contributed by atoms with Gasteiger partial charge in [-0.05, 0) is 6.07 Å². The Morgan fingerprint density at radius 3 is 2.95 bits per heavy atom. The highest BCUT2D eigenvalue weighted by molar-refractivity contribution is 6.31. The van der Waals surface area contributed by atoms with E-state index >= 15 is 0 Å². The van der Waals surface area contributed by atoms with Gasteiger partial charge in [-0.3, -0.25) is 0 Å². The van der Waals surface area contributed by atoms with Crippen LogP contribution in [-0.4, -0.2) is 22.1 Å². The third kappa shape index (κ3) is 3.56. The summed E-state index contributed by atoms with van der Waals surface area (Å²) in [5.74, 6) is -0.476. The van der Waals surface area contributed by atoms with Crippen molar-refractivity contribution in [3.05, 3.63) is 53.1 Å². The Balaban J connectivity index is 1.95. The molecule has 100 valence electrons. The number of rotatable bonds is 5. The molecule has 0 aliphatic heterocycles. The van der Waals surface area contributed by atoms with E-state index in [2.05, 4.69) is 4.98 Å². The molecule has 19 heavy (non-hydrogen) atoms. The van der Waals surface area contributed by atoms with Crippen molar-refractivity contribution in [2.75, 3.05) is 6.54 Å². The van der Waals surface area contributed by atoms with Gasteiger partial charge in [0, 0.05) is 29.9 Å². The topological polar surface area (TPSA) is 70.1 Å². The Morgan fingerprint density at radius 2 is 2.21 bits per heavy atom. The first kappa shape index (κ1) is 13.6. The number of benzene rings is 1. The van der Waals surface area contributed by atoms with Crippen LogP contribution in [-0.2, 0) is 17.9 Å². The Morgan fingerprint density at radius 1 is 1.42 bits per heavy atom. The summed E-state index contributed by atoms with van der Waals surface area (Å²) in [7, 11) is 0. The van der Waals surface area contributed by atoms with E-state index in [1.165, 1.54) is 0 Å². The smallest absolute Gasteiger partial charge is 0.358 e. The number of ether oxygens (including phenoxy) is 1. The number of carbonyl (C=O) groups is 1. The van der Waals surface area contributed by atoms with Crippen LogP contribution in [0.5, 0.6) is 0 Å². The Labute approximate surface area is 116 Å². The summed E-state index contributed by atoms with van der Waals surface area (Å²) in [4.78, 5) is 15.7. The second-order valence-corrected chi connectivity index (χ2v) is 4.36. The van der Waals surface area contributed by atoms with Crippen molar-refractivity contribution in [1.82, 2.24) is 9.55 Å². The van der Waals surface area contributed by atoms with Gasteiger partial charge in [0.15, 0.2) is 5.69 Å². The zero-order valence-corrected chi connectivity index (χ0v) is 11.0. The monoisotopic (exact) mass is 279 g/mol. The lowest BCUT2D eigenvalue weighted by atomic mass is 10.2. The zero-order valence-electron chi connectivity index (χ0n) is 10.3. The van der Waals surface area contributed by atoms with Gasteiger partial charge in [0.1, 0.15) is 6.61 Å². The molecule has 1 aromatic carbocycles. The van der Waals surface area contributed by atoms with Gasteiger partial charge in [0.05, 0.1) is 6.33 Å². The van der Waals surface area contributed by atoms with Crippen LogP contribution in [0.4, 0.5) is 0 Å². The standard InChI is InChI=1S/C13H14ClN3O2/c14-11-4-2-1-3-10(11)8-19-13(18)12-7-17(6-5-15)9-16-12/h1-4,7,9H,5-6,8,15H2. The summed E-state index contributed by atoms with van der Waals surface area (Å²) >= 11 is 5.97. The van der Waals surface area contributed by atoms with Gasteiger partial charge in [0.2, 0.25) is 0 Å². The number of hydrogen-bond acceptors (Lipinski definition) is 4. The fourth-order valence-electron chi connectivity index (χ4n) is 1.57. The Hall–Kier alpha value is -1.85. The van der Waals surface area contributed by atoms with Crippen LogP contribution < -0.4 is 5.73 Å². The van der Waals surface area contributed by atoms with Crippen LogP contribution >= 0.6 is 11.6 Å². The molecular weight excluding hydrogens is 266 g/mol. The van der Waals surface area contributed by atoms with Crippen molar-refractivity contribution in [3.8, 4) is 0 Å². The zero-order chi connectivity index (χ0) is 13.7. The average molecular weight is 280 g/mol. The van der Waals surface area contributed by atoms with E-state index < -0.39 is 5.97 Å². The summed E-state index contributed by atoms with van der Waals surface area (Å²) in [6, 6.07) is 7.22. The molecule has 1 aromatic heterocycles. The van der Waals surface area contributed by atoms with Gasteiger partial charge >= 0.3 is 5.97 Å². The highest BCUT2D eigenvalue weighted by atomic mass is 35.5. The number of aromatic nitrogens is 2. The minimum Gasteiger partial charge on any atom is -0.456 e. The molecule has 0 saturated carbocycles. The third-order valence-corrected chi connectivity index (χ3v) is 2.92. The predicted octanol–water partition coefficient (Wildman–Crippen LogP) is 1.85. The number of hydrogen-bond donors (Lipinski definition) is 1. The van der Waals surface area contributed by atoms with Crippen molar-refractivity contribution in [3.63, 3.8) is 0 Å². The maximum Gasteiger partial charge on any atom is 0.358 e. The molecule has 2 N–H and O–H groups in total. The second kappa shape index (κ2) is 6.36. The first-order chi connectivity index (χ1) is 9.20. The molecule has 0 amide bonds. The van der Waals surface area contributed by atoms with E-state index in [0.717, 1.165) is 5.56 Å². The molecule has 2 rings (SSSR count). The van der Waals surface area contributed by atoms with Gasteiger partial charge in [0.25, 0.3) is 0 Å². The average Bonchev–Trinajstić information content (AvgIpc) is 2.87. The number of carbonyl (C=O) groups excluding carboxylic acids is 1. The van der Waals surface area contributed by atoms with Crippen LogP contribution in [0.25, 0.3) is 0 Å². The quantitative estimate of drug-likeness (QED) is 0.848. The fraction of sp³-hybridized carbons (Fsp3) is 0.231. The lowest BCUT2D eigenvalue weighted by Gasteiger charge is -2.04. The summed E-state index contributed by atoms with van der Waals surface area (Å²) in [6.45, 7) is 1.23. The lowest BCUT2D eigenvalue weighted by molar-refractivity contribution is 0.0466. The molecule has 0 aliphatic carbocycles. The first-order valence-electron chi connectivity index (χ1n) is 5.83. The molecular formula is C13H14ClN3O2. The van der Waals surface area contributed by atoms with E-state index in [9.17, 15) is 4.79 Å². The van der Waals surface area contributed by atoms with Crippen LogP contribution in [0.15, 0.2) is 36.8 Å². The van der Waals surface area contributed by atoms with Crippen molar-refractivity contribution in [2.45, 2.75) is 13.2 Å². The lowest BCUT2D eigenvalue weighted by Crippen LogP contribution is -2.08. The molecule has 0 atom stereocenters. The molecule has 0 saturated heterocycles. The number of halogens is 1. The molecule has 0 spiro atoms. The van der Waals surface area contributed by atoms with Crippen molar-refractivity contribution in [2.24, 2.45) is 5.73 Å². The summed E-state index contributed by atoms with van der Waals surface area (Å²) < 4.78 is 6.90. The van der Waals surface area contributed by atoms with Crippen LogP contribution in [0, 0.1) is 0 Å². The summed E-state index contributed by atoms with van der Waals surface area (Å²) in [5, 5.41) is 0.573. The number of nitrogens with two attached hydrogens (primary N) is 1. The van der Waals surface area contributed by atoms with Crippen molar-refractivity contribution in [1.29, 1.82) is 0 Å². The predicted molar refractivity (Wildman–Crippen MR) is 71.9 cm³/mol. The van der Waals surface area contributed by atoms with E-state index in [1.807, 2.05) is 18.2 Å². The van der Waals surface area contributed by atoms with Crippen molar-refractivity contribution >= 4 is 17.6 Å². The minimum atomic E-state index is -0.476. The largest absolute Gasteiger partial charge is 0.456 e. The summed E-state index contributed by atoms with van der Waals surface area (Å²) in [5.41, 5.74) is 6.45. The van der Waals surface area contributed by atoms with Gasteiger partial charge in [-0.2, -0.15) is 0 Å². The minimum absolute atomic E-state index is 0.127. The maximum absolute atomic E-state index is 11.8. The number of nitrogens with zero attached hydrogens (tertiary/aromatic N) is 2. The fourth-order valence-corrected chi connectivity index (χ4v) is 1.76. The van der Waals surface area contributed by atoms with Gasteiger partial charge in [-0.1, -0.05) is 29.8 Å². The normalized spacial score (nSPS) is 10.4. The maximum atomic E-state index is 11.8. The van der Waals surface area contributed by atoms with Gasteiger partial charge in [-0.25, -0.2) is 9.78 Å². The molecule has 1 heterocycles. The van der Waals surface area contributed by atoms with Crippen LogP contribution in [0.2, 0.25) is 5.02 Å². The molecule has 0 fully saturated rings. The van der Waals surface area contributed by atoms with Gasteiger partial charge in [-0.15, -0.1) is 0 Å². The third-order valence-electron chi connectivity index (χ3n) is 2.55. The van der Waals surface area contributed by atoms with Crippen LogP contribution in [0.3, 0.4) is 0 Å². The molecule has 2 aromatic rings. The van der Waals surface area contributed by atoms with Crippen molar-refractivity contribution < 1.29 is 9.53 Å². The summed E-state index contributed by atoms with van der Waals surface area (Å²) in [6.07, 6.45) is 3.17. The highest BCUT2D eigenvalue weighted by Crippen LogP contribution is 2.16. The molecule has 0 aliphatic rings. The van der Waals surface area contributed by atoms with E-state index in [-0.39, 0.29) is 12.3 Å². The molecule has 0 unspecified atom stereocenters. The van der Waals surface area contributed by atoms with E-state index in [4.69, 9.17) is 22.1 Å². The van der Waals surface area contributed by atoms with Gasteiger partial charge < -0.3 is 15.0 Å². The Kier molecular flexibility index (Phi) is 4.54. The second-order valence-electron chi connectivity index (χ2n) is 3.95. The molecule has 6 heteroatoms. The SMILES string of the molecule is NCCn1cnc(C(=O)OCc2ccccc2Cl)c1. The van der Waals surface area contributed by atoms with Crippen LogP contribution in [0.1, 0.15) is 16.1 Å². The van der Waals surface area contributed by atoms with E-state index in [0.29, 0.717) is 18.1 Å². The molecule has 0 bridgehead atoms. The number of esters is 1. The molecule has 0 radical (unpaired) electrons.